The Bertz CT molecular complexity index is 757. The first-order valence-corrected chi connectivity index (χ1v) is 7.46. The number of nitrogens with two attached hydrogens (primary N) is 1. The molecule has 132 valence electrons. The number of hydrogen-bond acceptors (Lipinski definition) is 6. The van der Waals surface area contributed by atoms with E-state index in [0.717, 1.165) is 5.56 Å². The molecule has 0 fully saturated rings. The van der Waals surface area contributed by atoms with Gasteiger partial charge >= 0.3 is 11.9 Å². The van der Waals surface area contributed by atoms with Gasteiger partial charge in [-0.2, -0.15) is 0 Å². The number of methoxy groups -OCH3 is 2. The third kappa shape index (κ3) is 4.71. The average molecular weight is 345 g/mol. The van der Waals surface area contributed by atoms with Gasteiger partial charge in [-0.3, -0.25) is 4.79 Å². The highest BCUT2D eigenvalue weighted by molar-refractivity contribution is 5.94. The van der Waals surface area contributed by atoms with Crippen LogP contribution in [0.5, 0.6) is 17.2 Å². The van der Waals surface area contributed by atoms with Crippen LogP contribution in [-0.2, 0) is 11.2 Å². The van der Waals surface area contributed by atoms with Crippen molar-refractivity contribution in [1.82, 2.24) is 0 Å². The second-order valence-corrected chi connectivity index (χ2v) is 5.25. The van der Waals surface area contributed by atoms with Crippen LogP contribution in [0.25, 0.3) is 0 Å². The number of rotatable bonds is 7. The molecule has 0 bridgehead atoms. The molecular weight excluding hydrogens is 326 g/mol. The molecule has 0 aromatic heterocycles. The lowest BCUT2D eigenvalue weighted by molar-refractivity contribution is -0.138. The maximum Gasteiger partial charge on any atom is 0.347 e. The van der Waals surface area contributed by atoms with Gasteiger partial charge in [0.25, 0.3) is 0 Å². The van der Waals surface area contributed by atoms with Crippen molar-refractivity contribution < 1.29 is 28.9 Å². The third-order valence-corrected chi connectivity index (χ3v) is 3.54. The second kappa shape index (κ2) is 8.16. The van der Waals surface area contributed by atoms with Crippen LogP contribution in [-0.4, -0.2) is 37.3 Å². The Kier molecular flexibility index (Phi) is 5.97. The monoisotopic (exact) mass is 345 g/mol. The molecule has 0 aliphatic rings. The summed E-state index contributed by atoms with van der Waals surface area (Å²) in [6, 6.07) is 10.3. The standard InChI is InChI=1S/C18H19NO6/c1-23-13-7-8-14(16(10-13)24-2)18(22)25-12-5-3-11(4-6-12)9-15(19)17(20)21/h3-8,10,15H,9,19H2,1-2H3,(H,20,21)/t15-/m0/s1. The number of carboxylic acid groups (broad SMARTS) is 1. The molecule has 2 aromatic rings. The fraction of sp³-hybridized carbons (Fsp3) is 0.222. The molecule has 2 aromatic carbocycles. The SMILES string of the molecule is COc1ccc(C(=O)Oc2ccc(C[C@H](N)C(=O)O)cc2)c(OC)c1. The number of hydrogen-bond donors (Lipinski definition) is 2. The van der Waals surface area contributed by atoms with Gasteiger partial charge in [-0.1, -0.05) is 12.1 Å². The molecular formula is C18H19NO6. The lowest BCUT2D eigenvalue weighted by atomic mass is 10.1. The molecule has 0 spiro atoms. The largest absolute Gasteiger partial charge is 0.497 e. The number of carboxylic acids is 1. The van der Waals surface area contributed by atoms with Gasteiger partial charge < -0.3 is 25.1 Å². The Morgan fingerprint density at radius 1 is 1.04 bits per heavy atom. The maximum atomic E-state index is 12.3. The Labute approximate surface area is 144 Å². The first-order valence-electron chi connectivity index (χ1n) is 7.46. The fourth-order valence-electron chi connectivity index (χ4n) is 2.16. The molecule has 0 amide bonds. The van der Waals surface area contributed by atoms with E-state index in [1.807, 2.05) is 0 Å². The predicted octanol–water partition coefficient (Wildman–Crippen LogP) is 1.88. The number of carbonyl (C=O) groups excluding carboxylic acids is 1. The topological polar surface area (TPSA) is 108 Å². The summed E-state index contributed by atoms with van der Waals surface area (Å²) in [5, 5.41) is 8.81. The number of ether oxygens (including phenoxy) is 3. The smallest absolute Gasteiger partial charge is 0.347 e. The van der Waals surface area contributed by atoms with Crippen LogP contribution < -0.4 is 19.9 Å². The molecule has 1 atom stereocenters. The molecule has 7 nitrogen and oxygen atoms in total. The summed E-state index contributed by atoms with van der Waals surface area (Å²) in [6.07, 6.45) is 0.190. The summed E-state index contributed by atoms with van der Waals surface area (Å²) in [7, 11) is 2.97. The molecule has 0 unspecified atom stereocenters. The molecule has 25 heavy (non-hydrogen) atoms. The van der Waals surface area contributed by atoms with Crippen molar-refractivity contribution in [2.75, 3.05) is 14.2 Å². The Balaban J connectivity index is 2.09. The zero-order valence-corrected chi connectivity index (χ0v) is 13.9. The van der Waals surface area contributed by atoms with E-state index in [1.54, 1.807) is 42.5 Å². The van der Waals surface area contributed by atoms with Gasteiger partial charge in [0.2, 0.25) is 0 Å². The summed E-state index contributed by atoms with van der Waals surface area (Å²) in [4.78, 5) is 23.1. The zero-order chi connectivity index (χ0) is 18.4. The summed E-state index contributed by atoms with van der Waals surface area (Å²) >= 11 is 0. The summed E-state index contributed by atoms with van der Waals surface area (Å²) in [5.74, 6) is -0.409. The van der Waals surface area contributed by atoms with Crippen LogP contribution in [0.15, 0.2) is 42.5 Å². The van der Waals surface area contributed by atoms with E-state index in [9.17, 15) is 9.59 Å². The van der Waals surface area contributed by atoms with E-state index in [2.05, 4.69) is 0 Å². The minimum absolute atomic E-state index is 0.190. The van der Waals surface area contributed by atoms with Crippen molar-refractivity contribution >= 4 is 11.9 Å². The van der Waals surface area contributed by atoms with E-state index in [0.29, 0.717) is 17.2 Å². The molecule has 3 N–H and O–H groups in total. The predicted molar refractivity (Wildman–Crippen MR) is 90.3 cm³/mol. The lowest BCUT2D eigenvalue weighted by Gasteiger charge is -2.11. The van der Waals surface area contributed by atoms with Crippen LogP contribution in [0.2, 0.25) is 0 Å². The molecule has 2 rings (SSSR count). The van der Waals surface area contributed by atoms with Gasteiger partial charge in [-0.05, 0) is 36.2 Å². The van der Waals surface area contributed by atoms with Crippen LogP contribution in [0.1, 0.15) is 15.9 Å². The highest BCUT2D eigenvalue weighted by Gasteiger charge is 2.16. The van der Waals surface area contributed by atoms with Gasteiger partial charge in [0.15, 0.2) is 0 Å². The average Bonchev–Trinajstić information content (AvgIpc) is 2.62. The van der Waals surface area contributed by atoms with Crippen molar-refractivity contribution in [1.29, 1.82) is 0 Å². The molecule has 0 aliphatic heterocycles. The normalized spacial score (nSPS) is 11.5. The third-order valence-electron chi connectivity index (χ3n) is 3.54. The number of carbonyl (C=O) groups is 2. The quantitative estimate of drug-likeness (QED) is 0.582. The highest BCUT2D eigenvalue weighted by atomic mass is 16.5. The van der Waals surface area contributed by atoms with Gasteiger partial charge in [0, 0.05) is 6.07 Å². The van der Waals surface area contributed by atoms with Crippen molar-refractivity contribution in [2.24, 2.45) is 5.73 Å². The lowest BCUT2D eigenvalue weighted by Crippen LogP contribution is -2.32. The molecule has 0 saturated carbocycles. The number of aliphatic carboxylic acids is 1. The minimum atomic E-state index is -1.07. The van der Waals surface area contributed by atoms with Gasteiger partial charge in [-0.25, -0.2) is 4.79 Å². The summed E-state index contributed by atoms with van der Waals surface area (Å²) < 4.78 is 15.6. The van der Waals surface area contributed by atoms with Crippen molar-refractivity contribution in [3.8, 4) is 17.2 Å². The maximum absolute atomic E-state index is 12.3. The van der Waals surface area contributed by atoms with Crippen molar-refractivity contribution in [3.63, 3.8) is 0 Å². The molecule has 7 heteroatoms. The van der Waals surface area contributed by atoms with Crippen molar-refractivity contribution in [3.05, 3.63) is 53.6 Å². The van der Waals surface area contributed by atoms with E-state index in [1.165, 1.54) is 14.2 Å². The van der Waals surface area contributed by atoms with Crippen LogP contribution in [0.4, 0.5) is 0 Å². The fourth-order valence-corrected chi connectivity index (χ4v) is 2.16. The van der Waals surface area contributed by atoms with Crippen LogP contribution in [0, 0.1) is 0 Å². The van der Waals surface area contributed by atoms with Gasteiger partial charge in [-0.15, -0.1) is 0 Å². The molecule has 0 aliphatic carbocycles. The van der Waals surface area contributed by atoms with E-state index < -0.39 is 18.0 Å². The minimum Gasteiger partial charge on any atom is -0.497 e. The van der Waals surface area contributed by atoms with Crippen LogP contribution in [0.3, 0.4) is 0 Å². The Morgan fingerprint density at radius 2 is 1.68 bits per heavy atom. The Morgan fingerprint density at radius 3 is 2.24 bits per heavy atom. The molecule has 0 radical (unpaired) electrons. The van der Waals surface area contributed by atoms with Crippen LogP contribution >= 0.6 is 0 Å². The summed E-state index contributed by atoms with van der Waals surface area (Å²) in [6.45, 7) is 0. The Hall–Kier alpha value is -3.06. The summed E-state index contributed by atoms with van der Waals surface area (Å²) in [5.41, 5.74) is 6.49. The van der Waals surface area contributed by atoms with Gasteiger partial charge in [0.1, 0.15) is 28.9 Å². The second-order valence-electron chi connectivity index (χ2n) is 5.25. The molecule has 0 heterocycles. The number of benzene rings is 2. The van der Waals surface area contributed by atoms with Gasteiger partial charge in [0.05, 0.1) is 14.2 Å². The van der Waals surface area contributed by atoms with E-state index >= 15 is 0 Å². The first kappa shape index (κ1) is 18.3. The zero-order valence-electron chi connectivity index (χ0n) is 13.9. The van der Waals surface area contributed by atoms with E-state index in [4.69, 9.17) is 25.1 Å². The molecule has 0 saturated heterocycles. The number of esters is 1. The highest BCUT2D eigenvalue weighted by Crippen LogP contribution is 2.26. The first-order chi connectivity index (χ1) is 11.9. The van der Waals surface area contributed by atoms with E-state index in [-0.39, 0.29) is 12.0 Å². The van der Waals surface area contributed by atoms with Crippen molar-refractivity contribution in [2.45, 2.75) is 12.5 Å².